The summed E-state index contributed by atoms with van der Waals surface area (Å²) in [7, 11) is 1.35. The minimum absolute atomic E-state index is 0.0184. The third-order valence-electron chi connectivity index (χ3n) is 9.66. The van der Waals surface area contributed by atoms with Crippen LogP contribution in [-0.4, -0.2) is 67.4 Å². The number of amides is 4. The molecule has 65 heavy (non-hydrogen) atoms. The highest BCUT2D eigenvalue weighted by Crippen LogP contribution is 2.31. The maximum absolute atomic E-state index is 13.8. The predicted molar refractivity (Wildman–Crippen MR) is 243 cm³/mol. The second kappa shape index (κ2) is 20.7. The van der Waals surface area contributed by atoms with Gasteiger partial charge in [0.1, 0.15) is 11.5 Å². The van der Waals surface area contributed by atoms with Gasteiger partial charge < -0.3 is 35.5 Å². The van der Waals surface area contributed by atoms with Crippen LogP contribution in [0.5, 0.6) is 11.5 Å². The number of fused-ring (bicyclic) bond motifs is 1. The third-order valence-corrected chi connectivity index (χ3v) is 9.66. The lowest BCUT2D eigenvalue weighted by Crippen LogP contribution is -2.22. The van der Waals surface area contributed by atoms with E-state index in [4.69, 9.17) is 14.2 Å². The first kappa shape index (κ1) is 45.5. The first-order valence-electron chi connectivity index (χ1n) is 19.7. The maximum Gasteiger partial charge on any atom is 0.339 e. The number of carbonyl (C=O) groups excluding carboxylic acids is 8. The molecule has 15 heteroatoms. The van der Waals surface area contributed by atoms with Crippen LogP contribution < -0.4 is 26.0 Å². The number of aryl methyl sites for hydroxylation is 1. The average Bonchev–Trinajstić information content (AvgIpc) is 3.32. The maximum atomic E-state index is 13.8. The standard InChI is InChI=1S/C50H40N4O11/c1-5-33(55)27-63-49(61)39-23-21-35(25-41(39)47(59)51-4)65-36-22-24-40(50(62)64-28-34(56)6-2)42(26-36)48(60)52-32-19-17-31(18-20-32)46(58)54-44-12-8-9-37-38(44)10-7-11-43(37)53-45(57)30-15-13-29(3)14-16-30/h5-26H,1-2,27-28H2,3-4H3,(H,51,59)(H,52,60)(H,53,57)(H,54,58). The molecule has 0 unspecified atom stereocenters. The van der Waals surface area contributed by atoms with Crippen LogP contribution in [0.25, 0.3) is 10.8 Å². The molecule has 0 spiro atoms. The van der Waals surface area contributed by atoms with E-state index >= 15 is 0 Å². The van der Waals surface area contributed by atoms with Crippen LogP contribution in [-0.2, 0) is 19.1 Å². The summed E-state index contributed by atoms with van der Waals surface area (Å²) in [5.74, 6) is -5.21. The van der Waals surface area contributed by atoms with E-state index in [9.17, 15) is 38.4 Å². The topological polar surface area (TPSA) is 212 Å². The van der Waals surface area contributed by atoms with Gasteiger partial charge in [-0.2, -0.15) is 0 Å². The summed E-state index contributed by atoms with van der Waals surface area (Å²) in [6.07, 6.45) is 1.97. The molecule has 0 bridgehead atoms. The molecule has 4 N–H and O–H groups in total. The van der Waals surface area contributed by atoms with Gasteiger partial charge in [-0.3, -0.25) is 28.8 Å². The molecule has 6 aromatic carbocycles. The number of rotatable bonds is 17. The summed E-state index contributed by atoms with van der Waals surface area (Å²) in [5.41, 5.74) is 2.31. The predicted octanol–water partition coefficient (Wildman–Crippen LogP) is 7.88. The van der Waals surface area contributed by atoms with Crippen molar-refractivity contribution in [2.75, 3.05) is 36.2 Å². The van der Waals surface area contributed by atoms with Gasteiger partial charge >= 0.3 is 11.9 Å². The van der Waals surface area contributed by atoms with E-state index in [1.807, 2.05) is 31.2 Å². The second-order valence-corrected chi connectivity index (χ2v) is 14.1. The smallest absolute Gasteiger partial charge is 0.339 e. The van der Waals surface area contributed by atoms with Crippen LogP contribution in [0, 0.1) is 6.92 Å². The fourth-order valence-corrected chi connectivity index (χ4v) is 6.25. The highest BCUT2D eigenvalue weighted by Gasteiger charge is 2.23. The third kappa shape index (κ3) is 11.3. The van der Waals surface area contributed by atoms with Gasteiger partial charge in [-0.15, -0.1) is 0 Å². The van der Waals surface area contributed by atoms with Gasteiger partial charge in [-0.25, -0.2) is 9.59 Å². The number of nitrogens with one attached hydrogen (secondary N) is 4. The Hall–Kier alpha value is -8.98. The minimum atomic E-state index is -1.00. The molecule has 0 saturated heterocycles. The van der Waals surface area contributed by atoms with Gasteiger partial charge in [0.15, 0.2) is 24.8 Å². The average molecular weight is 873 g/mol. The number of anilines is 3. The van der Waals surface area contributed by atoms with Crippen molar-refractivity contribution in [3.63, 3.8) is 0 Å². The summed E-state index contributed by atoms with van der Waals surface area (Å²) in [6.45, 7) is 7.41. The number of ketones is 2. The SMILES string of the molecule is C=CC(=O)COC(=O)c1ccc(Oc2ccc(C(=O)OCC(=O)C=C)c(C(=O)Nc3ccc(C(=O)Nc4cccc5c(NC(=O)c6ccc(C)cc6)cccc45)cc3)c2)cc1C(=O)NC. The van der Waals surface area contributed by atoms with Crippen molar-refractivity contribution >= 4 is 75.0 Å². The Labute approximate surface area is 372 Å². The Bertz CT molecular complexity index is 2900. The Balaban J connectivity index is 1.20. The van der Waals surface area contributed by atoms with Gasteiger partial charge in [-0.1, -0.05) is 55.1 Å². The van der Waals surface area contributed by atoms with Crippen LogP contribution in [0.2, 0.25) is 0 Å². The van der Waals surface area contributed by atoms with Crippen molar-refractivity contribution in [3.05, 3.63) is 186 Å². The number of benzene rings is 6. The molecule has 4 amide bonds. The Morgan fingerprint density at radius 3 is 1.40 bits per heavy atom. The van der Waals surface area contributed by atoms with Crippen LogP contribution in [0.4, 0.5) is 17.1 Å². The monoisotopic (exact) mass is 872 g/mol. The van der Waals surface area contributed by atoms with Gasteiger partial charge in [-0.05, 0) is 104 Å². The summed E-state index contributed by atoms with van der Waals surface area (Å²) >= 11 is 0. The van der Waals surface area contributed by atoms with E-state index in [2.05, 4.69) is 34.4 Å². The number of hydrogen-bond donors (Lipinski definition) is 4. The molecular formula is C50H40N4O11. The molecule has 15 nitrogen and oxygen atoms in total. The van der Waals surface area contributed by atoms with E-state index in [1.54, 1.807) is 36.4 Å². The molecule has 0 fully saturated rings. The number of esters is 2. The Kier molecular flexibility index (Phi) is 14.5. The zero-order valence-corrected chi connectivity index (χ0v) is 35.0. The second-order valence-electron chi connectivity index (χ2n) is 14.1. The van der Waals surface area contributed by atoms with Crippen molar-refractivity contribution in [1.82, 2.24) is 5.32 Å². The van der Waals surface area contributed by atoms with Crippen molar-refractivity contribution in [1.29, 1.82) is 0 Å². The van der Waals surface area contributed by atoms with Crippen molar-refractivity contribution < 1.29 is 52.6 Å². The van der Waals surface area contributed by atoms with Crippen LogP contribution in [0.1, 0.15) is 67.7 Å². The molecule has 0 aliphatic heterocycles. The Morgan fingerprint density at radius 1 is 0.508 bits per heavy atom. The fraction of sp³-hybridized carbons (Fsp3) is 0.0800. The van der Waals surface area contributed by atoms with E-state index in [0.29, 0.717) is 27.7 Å². The Morgan fingerprint density at radius 2 is 0.954 bits per heavy atom. The molecule has 0 aromatic heterocycles. The molecular weight excluding hydrogens is 833 g/mol. The summed E-state index contributed by atoms with van der Waals surface area (Å²) in [5, 5.41) is 12.4. The number of hydrogen-bond acceptors (Lipinski definition) is 11. The van der Waals surface area contributed by atoms with Crippen LogP contribution >= 0.6 is 0 Å². The first-order chi connectivity index (χ1) is 31.3. The van der Waals surface area contributed by atoms with E-state index < -0.39 is 54.4 Å². The molecule has 326 valence electrons. The van der Waals surface area contributed by atoms with Crippen molar-refractivity contribution in [3.8, 4) is 11.5 Å². The molecule has 0 aliphatic carbocycles. The highest BCUT2D eigenvalue weighted by molar-refractivity contribution is 6.15. The van der Waals surface area contributed by atoms with Gasteiger partial charge in [0.2, 0.25) is 0 Å². The van der Waals surface area contributed by atoms with Gasteiger partial charge in [0, 0.05) is 46.0 Å². The van der Waals surface area contributed by atoms with Crippen LogP contribution in [0.15, 0.2) is 147 Å². The summed E-state index contributed by atoms with van der Waals surface area (Å²) in [4.78, 5) is 102. The van der Waals surface area contributed by atoms with E-state index in [0.717, 1.165) is 17.7 Å². The lowest BCUT2D eigenvalue weighted by molar-refractivity contribution is -0.118. The molecule has 0 heterocycles. The van der Waals surface area contributed by atoms with Gasteiger partial charge in [0.25, 0.3) is 23.6 Å². The number of carbonyl (C=O) groups is 8. The molecule has 6 rings (SSSR count). The molecule has 0 atom stereocenters. The highest BCUT2D eigenvalue weighted by atomic mass is 16.5. The number of ether oxygens (including phenoxy) is 3. The van der Waals surface area contributed by atoms with Crippen molar-refractivity contribution in [2.45, 2.75) is 6.92 Å². The zero-order valence-electron chi connectivity index (χ0n) is 35.0. The van der Waals surface area contributed by atoms with E-state index in [1.165, 1.54) is 67.7 Å². The first-order valence-corrected chi connectivity index (χ1v) is 19.7. The lowest BCUT2D eigenvalue weighted by Gasteiger charge is -2.14. The minimum Gasteiger partial charge on any atom is -0.457 e. The molecule has 0 aliphatic rings. The zero-order chi connectivity index (χ0) is 46.6. The van der Waals surface area contributed by atoms with Crippen LogP contribution in [0.3, 0.4) is 0 Å². The summed E-state index contributed by atoms with van der Waals surface area (Å²) < 4.78 is 16.1. The van der Waals surface area contributed by atoms with E-state index in [-0.39, 0.29) is 50.9 Å². The molecule has 6 aromatic rings. The van der Waals surface area contributed by atoms with Crippen molar-refractivity contribution in [2.24, 2.45) is 0 Å². The van der Waals surface area contributed by atoms with Gasteiger partial charge in [0.05, 0.1) is 22.3 Å². The summed E-state index contributed by atoms with van der Waals surface area (Å²) in [6, 6.07) is 31.5. The fourth-order valence-electron chi connectivity index (χ4n) is 6.25. The molecule has 0 radical (unpaired) electrons. The normalized spacial score (nSPS) is 10.4. The molecule has 0 saturated carbocycles. The largest absolute Gasteiger partial charge is 0.457 e. The lowest BCUT2D eigenvalue weighted by atomic mass is 10.0. The quantitative estimate of drug-likeness (QED) is 0.0511.